The Balaban J connectivity index is 1.94. The normalized spacial score (nSPS) is 18.5. The van der Waals surface area contributed by atoms with Gasteiger partial charge in [0.15, 0.2) is 0 Å². The second-order valence-electron chi connectivity index (χ2n) is 4.40. The summed E-state index contributed by atoms with van der Waals surface area (Å²) >= 11 is 0. The van der Waals surface area contributed by atoms with Crippen molar-refractivity contribution in [3.05, 3.63) is 17.5 Å². The van der Waals surface area contributed by atoms with E-state index in [0.29, 0.717) is 6.04 Å². The van der Waals surface area contributed by atoms with Crippen LogP contribution in [0.5, 0.6) is 0 Å². The van der Waals surface area contributed by atoms with Crippen LogP contribution in [0.25, 0.3) is 0 Å². The Labute approximate surface area is 85.5 Å². The number of hydrogen-bond acceptors (Lipinski definition) is 2. The number of nitrogens with zero attached hydrogens (tertiary/aromatic N) is 2. The van der Waals surface area contributed by atoms with Gasteiger partial charge in [-0.15, -0.1) is 0 Å². The number of aryl methyl sites for hydroxylation is 2. The molecule has 1 aliphatic rings. The minimum absolute atomic E-state index is 0.462. The monoisotopic (exact) mass is 193 g/mol. The molecule has 0 aromatic carbocycles. The minimum Gasteiger partial charge on any atom is -0.312 e. The number of nitrogens with one attached hydrogen (secondary N) is 1. The molecular formula is C11H19N3. The first-order valence-electron chi connectivity index (χ1n) is 5.43. The molecule has 1 heterocycles. The fourth-order valence-corrected chi connectivity index (χ4v) is 1.80. The van der Waals surface area contributed by atoms with Crippen molar-refractivity contribution >= 4 is 0 Å². The SMILES string of the molecule is Cc1cc(C)n(C(C)CNC2CC2)n1. The molecule has 0 amide bonds. The van der Waals surface area contributed by atoms with Crippen molar-refractivity contribution in [3.63, 3.8) is 0 Å². The Hall–Kier alpha value is -0.830. The van der Waals surface area contributed by atoms with Gasteiger partial charge in [0.25, 0.3) is 0 Å². The molecule has 3 nitrogen and oxygen atoms in total. The van der Waals surface area contributed by atoms with Crippen LogP contribution in [0.15, 0.2) is 6.07 Å². The maximum absolute atomic E-state index is 4.49. The van der Waals surface area contributed by atoms with Crippen molar-refractivity contribution in [3.8, 4) is 0 Å². The van der Waals surface area contributed by atoms with Gasteiger partial charge in [0, 0.05) is 18.3 Å². The highest BCUT2D eigenvalue weighted by atomic mass is 15.3. The molecule has 1 aromatic heterocycles. The van der Waals surface area contributed by atoms with Crippen molar-refractivity contribution in [1.82, 2.24) is 15.1 Å². The zero-order chi connectivity index (χ0) is 10.1. The zero-order valence-electron chi connectivity index (χ0n) is 9.25. The molecule has 0 spiro atoms. The van der Waals surface area contributed by atoms with Crippen LogP contribution in [-0.2, 0) is 0 Å². The average Bonchev–Trinajstić information content (AvgIpc) is 2.88. The third kappa shape index (κ3) is 2.15. The van der Waals surface area contributed by atoms with Crippen LogP contribution in [0.4, 0.5) is 0 Å². The van der Waals surface area contributed by atoms with E-state index >= 15 is 0 Å². The van der Waals surface area contributed by atoms with Crippen LogP contribution in [-0.4, -0.2) is 22.4 Å². The average molecular weight is 193 g/mol. The van der Waals surface area contributed by atoms with Crippen LogP contribution >= 0.6 is 0 Å². The van der Waals surface area contributed by atoms with Gasteiger partial charge in [0.05, 0.1) is 11.7 Å². The molecule has 78 valence electrons. The van der Waals surface area contributed by atoms with Gasteiger partial charge in [-0.3, -0.25) is 4.68 Å². The molecule has 0 radical (unpaired) electrons. The molecule has 3 heteroatoms. The largest absolute Gasteiger partial charge is 0.312 e. The third-order valence-electron chi connectivity index (χ3n) is 2.74. The summed E-state index contributed by atoms with van der Waals surface area (Å²) in [5, 5.41) is 8.02. The van der Waals surface area contributed by atoms with E-state index in [0.717, 1.165) is 18.3 Å². The maximum atomic E-state index is 4.49. The smallest absolute Gasteiger partial charge is 0.0618 e. The second-order valence-corrected chi connectivity index (χ2v) is 4.40. The Morgan fingerprint density at radius 3 is 2.79 bits per heavy atom. The lowest BCUT2D eigenvalue weighted by atomic mass is 10.3. The summed E-state index contributed by atoms with van der Waals surface area (Å²) < 4.78 is 2.12. The van der Waals surface area contributed by atoms with Crippen LogP contribution < -0.4 is 5.32 Å². The van der Waals surface area contributed by atoms with Crippen molar-refractivity contribution < 1.29 is 0 Å². The lowest BCUT2D eigenvalue weighted by molar-refractivity contribution is 0.442. The van der Waals surface area contributed by atoms with Gasteiger partial charge in [-0.1, -0.05) is 0 Å². The Morgan fingerprint density at radius 2 is 2.29 bits per heavy atom. The van der Waals surface area contributed by atoms with Gasteiger partial charge in [-0.2, -0.15) is 5.10 Å². The van der Waals surface area contributed by atoms with Crippen LogP contribution in [0.2, 0.25) is 0 Å². The van der Waals surface area contributed by atoms with E-state index in [1.54, 1.807) is 0 Å². The summed E-state index contributed by atoms with van der Waals surface area (Å²) in [5.41, 5.74) is 2.37. The summed E-state index contributed by atoms with van der Waals surface area (Å²) in [5.74, 6) is 0. The standard InChI is InChI=1S/C11H19N3/c1-8-6-9(2)14(13-8)10(3)7-12-11-4-5-11/h6,10-12H,4-5,7H2,1-3H3. The van der Waals surface area contributed by atoms with E-state index in [-0.39, 0.29) is 0 Å². The Kier molecular flexibility index (Phi) is 2.59. The molecule has 1 saturated carbocycles. The molecule has 1 aliphatic carbocycles. The molecule has 2 rings (SSSR count). The van der Waals surface area contributed by atoms with Crippen LogP contribution in [0.3, 0.4) is 0 Å². The highest BCUT2D eigenvalue weighted by Gasteiger charge is 2.21. The van der Waals surface area contributed by atoms with Crippen molar-refractivity contribution in [1.29, 1.82) is 0 Å². The van der Waals surface area contributed by atoms with E-state index in [9.17, 15) is 0 Å². The fourth-order valence-electron chi connectivity index (χ4n) is 1.80. The second kappa shape index (κ2) is 3.73. The van der Waals surface area contributed by atoms with Gasteiger partial charge < -0.3 is 5.32 Å². The Bertz CT molecular complexity index is 312. The first kappa shape index (κ1) is 9.71. The third-order valence-corrected chi connectivity index (χ3v) is 2.74. The molecule has 0 saturated heterocycles. The van der Waals surface area contributed by atoms with Gasteiger partial charge in [0.2, 0.25) is 0 Å². The van der Waals surface area contributed by atoms with E-state index < -0.39 is 0 Å². The van der Waals surface area contributed by atoms with Gasteiger partial charge in [-0.05, 0) is 39.7 Å². The number of rotatable bonds is 4. The van der Waals surface area contributed by atoms with Gasteiger partial charge in [0.1, 0.15) is 0 Å². The molecule has 1 aromatic rings. The summed E-state index contributed by atoms with van der Waals surface area (Å²) in [6.45, 7) is 7.42. The summed E-state index contributed by atoms with van der Waals surface area (Å²) in [6, 6.07) is 3.38. The van der Waals surface area contributed by atoms with Crippen molar-refractivity contribution in [2.45, 2.75) is 45.7 Å². The molecular weight excluding hydrogens is 174 g/mol. The first-order valence-corrected chi connectivity index (χ1v) is 5.43. The fraction of sp³-hybridized carbons (Fsp3) is 0.727. The van der Waals surface area contributed by atoms with E-state index in [2.05, 4.69) is 35.0 Å². The van der Waals surface area contributed by atoms with E-state index in [1.807, 2.05) is 6.92 Å². The molecule has 14 heavy (non-hydrogen) atoms. The predicted octanol–water partition coefficient (Wildman–Crippen LogP) is 1.81. The first-order chi connectivity index (χ1) is 6.66. The van der Waals surface area contributed by atoms with Crippen LogP contribution in [0.1, 0.15) is 37.2 Å². The number of aromatic nitrogens is 2. The number of hydrogen-bond donors (Lipinski definition) is 1. The molecule has 1 N–H and O–H groups in total. The van der Waals surface area contributed by atoms with E-state index in [4.69, 9.17) is 0 Å². The van der Waals surface area contributed by atoms with Crippen molar-refractivity contribution in [2.75, 3.05) is 6.54 Å². The molecule has 1 fully saturated rings. The van der Waals surface area contributed by atoms with Crippen LogP contribution in [0, 0.1) is 13.8 Å². The predicted molar refractivity (Wildman–Crippen MR) is 57.4 cm³/mol. The molecule has 1 atom stereocenters. The quantitative estimate of drug-likeness (QED) is 0.790. The lowest BCUT2D eigenvalue weighted by Crippen LogP contribution is -2.26. The minimum atomic E-state index is 0.462. The summed E-state index contributed by atoms with van der Waals surface area (Å²) in [6.07, 6.45) is 2.70. The summed E-state index contributed by atoms with van der Waals surface area (Å²) in [4.78, 5) is 0. The summed E-state index contributed by atoms with van der Waals surface area (Å²) in [7, 11) is 0. The van der Waals surface area contributed by atoms with Gasteiger partial charge in [-0.25, -0.2) is 0 Å². The zero-order valence-corrected chi connectivity index (χ0v) is 9.25. The molecule has 1 unspecified atom stereocenters. The topological polar surface area (TPSA) is 29.9 Å². The van der Waals surface area contributed by atoms with E-state index in [1.165, 1.54) is 18.5 Å². The molecule has 0 aliphatic heterocycles. The maximum Gasteiger partial charge on any atom is 0.0618 e. The lowest BCUT2D eigenvalue weighted by Gasteiger charge is -2.14. The molecule has 0 bridgehead atoms. The Morgan fingerprint density at radius 1 is 1.57 bits per heavy atom. The van der Waals surface area contributed by atoms with Gasteiger partial charge >= 0.3 is 0 Å². The van der Waals surface area contributed by atoms with Crippen molar-refractivity contribution in [2.24, 2.45) is 0 Å². The highest BCUT2D eigenvalue weighted by molar-refractivity contribution is 5.07. The highest BCUT2D eigenvalue weighted by Crippen LogP contribution is 2.19.